The van der Waals surface area contributed by atoms with E-state index in [1.807, 2.05) is 0 Å². The molecule has 0 aliphatic carbocycles. The summed E-state index contributed by atoms with van der Waals surface area (Å²) < 4.78 is 55.5. The highest BCUT2D eigenvalue weighted by atomic mass is 32.2. The van der Waals surface area contributed by atoms with Crippen molar-refractivity contribution in [2.75, 3.05) is 7.05 Å². The third kappa shape index (κ3) is 2.99. The van der Waals surface area contributed by atoms with Crippen LogP contribution in [0.15, 0.2) is 58.3 Å². The van der Waals surface area contributed by atoms with Gasteiger partial charge in [-0.15, -0.1) is 0 Å². The lowest BCUT2D eigenvalue weighted by Gasteiger charge is -2.31. The lowest BCUT2D eigenvalue weighted by atomic mass is 10.1. The molecule has 0 spiro atoms. The Morgan fingerprint density at radius 3 is 2.28 bits per heavy atom. The second-order valence-corrected chi connectivity index (χ2v) is 9.14. The summed E-state index contributed by atoms with van der Waals surface area (Å²) in [7, 11) is -7.25. The summed E-state index contributed by atoms with van der Waals surface area (Å²) in [5.74, 6) is -0.733. The maximum atomic E-state index is 12.6. The van der Waals surface area contributed by atoms with Crippen molar-refractivity contribution < 1.29 is 25.8 Å². The fourth-order valence-corrected chi connectivity index (χ4v) is 4.95. The summed E-state index contributed by atoms with van der Waals surface area (Å²) >= 11 is 0. The van der Waals surface area contributed by atoms with Gasteiger partial charge in [-0.05, 0) is 31.2 Å². The van der Waals surface area contributed by atoms with E-state index in [9.17, 15) is 21.6 Å². The van der Waals surface area contributed by atoms with E-state index in [-0.39, 0.29) is 15.4 Å². The van der Waals surface area contributed by atoms with Crippen LogP contribution in [0.5, 0.6) is 0 Å². The van der Waals surface area contributed by atoms with E-state index in [0.29, 0.717) is 4.31 Å². The number of fused-ring (bicyclic) bond motifs is 1. The number of carbonyl (C=O) groups is 1. The van der Waals surface area contributed by atoms with Crippen molar-refractivity contribution in [3.05, 3.63) is 59.7 Å². The molecule has 0 saturated heterocycles. The molecule has 0 saturated carbocycles. The number of sulfonamides is 1. The zero-order valence-corrected chi connectivity index (χ0v) is 15.0. The zero-order chi connectivity index (χ0) is 18.4. The first kappa shape index (κ1) is 17.7. The Labute approximate surface area is 146 Å². The van der Waals surface area contributed by atoms with Crippen LogP contribution in [0.1, 0.15) is 15.9 Å². The van der Waals surface area contributed by atoms with Crippen LogP contribution < -0.4 is 0 Å². The number of Topliss-reactive ketones (excluding diaryl/α,β-unsaturated/α-hetero) is 1. The van der Waals surface area contributed by atoms with E-state index in [1.165, 1.54) is 36.4 Å². The van der Waals surface area contributed by atoms with Gasteiger partial charge in [-0.1, -0.05) is 29.8 Å². The van der Waals surface area contributed by atoms with E-state index in [0.717, 1.165) is 12.6 Å². The molecule has 9 heteroatoms. The van der Waals surface area contributed by atoms with Gasteiger partial charge in [0.15, 0.2) is 0 Å². The second-order valence-electron chi connectivity index (χ2n) is 5.60. The first-order chi connectivity index (χ1) is 11.6. The van der Waals surface area contributed by atoms with E-state index in [4.69, 9.17) is 4.18 Å². The zero-order valence-electron chi connectivity index (χ0n) is 13.4. The van der Waals surface area contributed by atoms with Gasteiger partial charge in [0, 0.05) is 12.6 Å². The van der Waals surface area contributed by atoms with Crippen LogP contribution in [-0.2, 0) is 24.3 Å². The molecule has 0 fully saturated rings. The van der Waals surface area contributed by atoms with Crippen molar-refractivity contribution in [2.45, 2.75) is 22.9 Å². The minimum absolute atomic E-state index is 0.0929. The minimum atomic E-state index is -4.32. The molecule has 0 aromatic heterocycles. The van der Waals surface area contributed by atoms with E-state index >= 15 is 0 Å². The minimum Gasteiger partial charge on any atom is -0.289 e. The fourth-order valence-electron chi connectivity index (χ4n) is 2.46. The van der Waals surface area contributed by atoms with Crippen molar-refractivity contribution in [1.82, 2.24) is 4.31 Å². The van der Waals surface area contributed by atoms with Gasteiger partial charge in [0.25, 0.3) is 10.1 Å². The Balaban J connectivity index is 2.03. The normalized spacial score (nSPS) is 20.2. The molecule has 7 nitrogen and oxygen atoms in total. The molecule has 1 unspecified atom stereocenters. The highest BCUT2D eigenvalue weighted by Crippen LogP contribution is 2.30. The number of hydrogen-bond donors (Lipinski definition) is 0. The van der Waals surface area contributed by atoms with Gasteiger partial charge in [0.1, 0.15) is 0 Å². The van der Waals surface area contributed by atoms with Crippen molar-refractivity contribution in [1.29, 1.82) is 0 Å². The predicted molar refractivity (Wildman–Crippen MR) is 89.0 cm³/mol. The van der Waals surface area contributed by atoms with Crippen LogP contribution in [0, 0.1) is 6.92 Å². The number of benzene rings is 2. The smallest absolute Gasteiger partial charge is 0.289 e. The molecule has 1 aliphatic rings. The van der Waals surface area contributed by atoms with E-state index < -0.39 is 32.2 Å². The van der Waals surface area contributed by atoms with Gasteiger partial charge in [-0.25, -0.2) is 12.6 Å². The Kier molecular flexibility index (Phi) is 4.28. The quantitative estimate of drug-likeness (QED) is 0.748. The van der Waals surface area contributed by atoms with Crippen LogP contribution in [0.4, 0.5) is 0 Å². The summed E-state index contributed by atoms with van der Waals surface area (Å²) in [5, 5.41) is 0. The third-order valence-electron chi connectivity index (χ3n) is 3.89. The van der Waals surface area contributed by atoms with Crippen LogP contribution in [-0.4, -0.2) is 40.2 Å². The van der Waals surface area contributed by atoms with Crippen molar-refractivity contribution in [2.24, 2.45) is 0 Å². The van der Waals surface area contributed by atoms with Gasteiger partial charge in [0.2, 0.25) is 22.0 Å². The number of rotatable bonds is 3. The average Bonchev–Trinajstić information content (AvgIpc) is 2.58. The van der Waals surface area contributed by atoms with Crippen LogP contribution >= 0.6 is 0 Å². The SMILES string of the molecule is Cc1ccc(S(=O)(=O)OC2C(=O)c3ccccc3S(=O)(=O)N2C)cc1. The molecule has 0 amide bonds. The lowest BCUT2D eigenvalue weighted by molar-refractivity contribution is 0.0584. The van der Waals surface area contributed by atoms with E-state index in [1.54, 1.807) is 19.1 Å². The number of hydrogen-bond acceptors (Lipinski definition) is 6. The van der Waals surface area contributed by atoms with Crippen LogP contribution in [0.2, 0.25) is 0 Å². The van der Waals surface area contributed by atoms with Crippen molar-refractivity contribution in [3.63, 3.8) is 0 Å². The molecule has 2 aromatic rings. The summed E-state index contributed by atoms with van der Waals surface area (Å²) in [5.41, 5.74) is 0.756. The molecule has 1 atom stereocenters. The standard InChI is InChI=1S/C16H15NO6S2/c1-11-7-9-12(10-8-11)25(21,22)23-16-15(18)13-5-3-4-6-14(13)24(19,20)17(16)2/h3-10,16H,1-2H3. The second kappa shape index (κ2) is 6.03. The lowest BCUT2D eigenvalue weighted by Crippen LogP contribution is -2.49. The Morgan fingerprint density at radius 2 is 1.64 bits per heavy atom. The molecule has 132 valence electrons. The summed E-state index contributed by atoms with van der Waals surface area (Å²) in [6.45, 7) is 1.79. The van der Waals surface area contributed by atoms with Gasteiger partial charge >= 0.3 is 0 Å². The topological polar surface area (TPSA) is 97.8 Å². The molecule has 0 N–H and O–H groups in total. The first-order valence-corrected chi connectivity index (χ1v) is 10.1. The molecule has 0 bridgehead atoms. The average molecular weight is 381 g/mol. The van der Waals surface area contributed by atoms with Crippen molar-refractivity contribution in [3.8, 4) is 0 Å². The maximum absolute atomic E-state index is 12.6. The monoisotopic (exact) mass is 381 g/mol. The van der Waals surface area contributed by atoms with Crippen LogP contribution in [0.25, 0.3) is 0 Å². The summed E-state index contributed by atoms with van der Waals surface area (Å²) in [4.78, 5) is 12.3. The fraction of sp³-hybridized carbons (Fsp3) is 0.188. The molecular weight excluding hydrogens is 366 g/mol. The largest absolute Gasteiger partial charge is 0.298 e. The maximum Gasteiger partial charge on any atom is 0.298 e. The number of likely N-dealkylation sites (N-methyl/N-ethyl adjacent to an activating group) is 1. The summed E-state index contributed by atoms with van der Waals surface area (Å²) in [6.07, 6.45) is -1.79. The van der Waals surface area contributed by atoms with Gasteiger partial charge in [-0.3, -0.25) is 4.79 Å². The first-order valence-electron chi connectivity index (χ1n) is 7.26. The van der Waals surface area contributed by atoms with Gasteiger partial charge in [-0.2, -0.15) is 12.7 Å². The van der Waals surface area contributed by atoms with Crippen molar-refractivity contribution >= 4 is 25.9 Å². The van der Waals surface area contributed by atoms with Crippen LogP contribution in [0.3, 0.4) is 0 Å². The molecule has 1 heterocycles. The molecule has 2 aromatic carbocycles. The Bertz CT molecular complexity index is 1040. The van der Waals surface area contributed by atoms with Gasteiger partial charge in [0.05, 0.1) is 9.79 Å². The number of ketones is 1. The van der Waals surface area contributed by atoms with E-state index in [2.05, 4.69) is 0 Å². The molecular formula is C16H15NO6S2. The highest BCUT2D eigenvalue weighted by Gasteiger charge is 2.44. The number of aryl methyl sites for hydroxylation is 1. The highest BCUT2D eigenvalue weighted by molar-refractivity contribution is 7.89. The number of nitrogens with zero attached hydrogens (tertiary/aromatic N) is 1. The predicted octanol–water partition coefficient (Wildman–Crippen LogP) is 1.54. The molecule has 0 radical (unpaired) electrons. The molecule has 1 aliphatic heterocycles. The van der Waals surface area contributed by atoms with Gasteiger partial charge < -0.3 is 0 Å². The number of carbonyl (C=O) groups excluding carboxylic acids is 1. The molecule has 3 rings (SSSR count). The third-order valence-corrected chi connectivity index (χ3v) is 7.04. The Morgan fingerprint density at radius 1 is 1.04 bits per heavy atom. The molecule has 25 heavy (non-hydrogen) atoms. The summed E-state index contributed by atoms with van der Waals surface area (Å²) in [6, 6.07) is 11.4. The Hall–Kier alpha value is -2.07.